The zero-order valence-corrected chi connectivity index (χ0v) is 26.2. The third-order valence-electron chi connectivity index (χ3n) is 7.99. The second-order valence-corrected chi connectivity index (χ2v) is 12.2. The summed E-state index contributed by atoms with van der Waals surface area (Å²) in [6.07, 6.45) is 27.5. The molecule has 39 heavy (non-hydrogen) atoms. The number of hydrogen-bond donors (Lipinski definition) is 1. The average Bonchev–Trinajstić information content (AvgIpc) is 3.20. The second-order valence-electron chi connectivity index (χ2n) is 12.2. The van der Waals surface area contributed by atoms with Gasteiger partial charge in [-0.3, -0.25) is 4.79 Å². The van der Waals surface area contributed by atoms with Gasteiger partial charge < -0.3 is 24.1 Å². The van der Waals surface area contributed by atoms with Gasteiger partial charge in [0.25, 0.3) is 0 Å². The predicted octanol–water partition coefficient (Wildman–Crippen LogP) is 9.57. The highest BCUT2D eigenvalue weighted by atomic mass is 16.7. The molecule has 1 N–H and O–H groups in total. The monoisotopic (exact) mass is 556 g/mol. The van der Waals surface area contributed by atoms with Crippen LogP contribution >= 0.6 is 0 Å². The Morgan fingerprint density at radius 2 is 1.21 bits per heavy atom. The number of methoxy groups -OCH3 is 1. The van der Waals surface area contributed by atoms with Crippen LogP contribution in [-0.2, 0) is 23.7 Å². The molecular formula is C33H64O6. The lowest BCUT2D eigenvalue weighted by Gasteiger charge is -2.22. The van der Waals surface area contributed by atoms with Gasteiger partial charge in [-0.05, 0) is 46.0 Å². The lowest BCUT2D eigenvalue weighted by atomic mass is 9.98. The summed E-state index contributed by atoms with van der Waals surface area (Å²) in [5, 5.41) is 8.69. The first kappa shape index (κ1) is 36.3. The highest BCUT2D eigenvalue weighted by molar-refractivity contribution is 5.66. The summed E-state index contributed by atoms with van der Waals surface area (Å²) < 4.78 is 23.9. The fourth-order valence-electron chi connectivity index (χ4n) is 5.77. The van der Waals surface area contributed by atoms with Crippen molar-refractivity contribution in [3.63, 3.8) is 0 Å². The Hall–Kier alpha value is -0.690. The molecule has 0 bridgehead atoms. The maximum Gasteiger partial charge on any atom is 0.303 e. The van der Waals surface area contributed by atoms with E-state index in [0.29, 0.717) is 13.2 Å². The topological polar surface area (TPSA) is 74.2 Å². The van der Waals surface area contributed by atoms with E-state index in [1.54, 1.807) is 7.11 Å². The van der Waals surface area contributed by atoms with Crippen molar-refractivity contribution in [3.05, 3.63) is 0 Å². The number of carboxylic acid groups (broad SMARTS) is 1. The smallest absolute Gasteiger partial charge is 0.303 e. The van der Waals surface area contributed by atoms with E-state index >= 15 is 0 Å². The zero-order chi connectivity index (χ0) is 28.6. The largest absolute Gasteiger partial charge is 0.481 e. The maximum atomic E-state index is 10.5. The molecule has 0 aromatic rings. The van der Waals surface area contributed by atoms with Crippen LogP contribution in [0.3, 0.4) is 0 Å². The van der Waals surface area contributed by atoms with Gasteiger partial charge in [0.05, 0.1) is 18.3 Å². The van der Waals surface area contributed by atoms with Gasteiger partial charge in [0.15, 0.2) is 5.79 Å². The van der Waals surface area contributed by atoms with Crippen LogP contribution in [0.2, 0.25) is 0 Å². The molecule has 1 aliphatic rings. The minimum Gasteiger partial charge on any atom is -0.481 e. The minimum absolute atomic E-state index is 0.155. The summed E-state index contributed by atoms with van der Waals surface area (Å²) in [6.45, 7) is 6.72. The molecule has 0 aliphatic carbocycles. The SMILES string of the molecule is CCCCCCCCCC[C@@H]1OC(C)(C)O[C@H]1CC[C@H](CCCCCCCCCCCCC(=O)O)OCOC. The summed E-state index contributed by atoms with van der Waals surface area (Å²) in [6, 6.07) is 0. The van der Waals surface area contributed by atoms with E-state index in [2.05, 4.69) is 6.92 Å². The van der Waals surface area contributed by atoms with Crippen LogP contribution in [0.1, 0.15) is 168 Å². The molecule has 0 aromatic carbocycles. The molecule has 1 aliphatic heterocycles. The van der Waals surface area contributed by atoms with Gasteiger partial charge in [-0.15, -0.1) is 0 Å². The molecule has 232 valence electrons. The van der Waals surface area contributed by atoms with Gasteiger partial charge in [-0.1, -0.05) is 116 Å². The highest BCUT2D eigenvalue weighted by Crippen LogP contribution is 2.34. The van der Waals surface area contributed by atoms with Gasteiger partial charge in [0.2, 0.25) is 0 Å². The van der Waals surface area contributed by atoms with E-state index in [-0.39, 0.29) is 18.3 Å². The van der Waals surface area contributed by atoms with Crippen molar-refractivity contribution in [2.75, 3.05) is 13.9 Å². The molecule has 1 fully saturated rings. The maximum absolute atomic E-state index is 10.5. The summed E-state index contributed by atoms with van der Waals surface area (Å²) in [5.41, 5.74) is 0. The van der Waals surface area contributed by atoms with Crippen LogP contribution < -0.4 is 0 Å². The van der Waals surface area contributed by atoms with Crippen molar-refractivity contribution >= 4 is 5.97 Å². The lowest BCUT2D eigenvalue weighted by Crippen LogP contribution is -2.25. The quantitative estimate of drug-likeness (QED) is 0.0764. The van der Waals surface area contributed by atoms with E-state index < -0.39 is 11.8 Å². The van der Waals surface area contributed by atoms with E-state index in [0.717, 1.165) is 38.5 Å². The highest BCUT2D eigenvalue weighted by Gasteiger charge is 2.40. The van der Waals surface area contributed by atoms with Crippen LogP contribution in [0, 0.1) is 0 Å². The number of ether oxygens (including phenoxy) is 4. The van der Waals surface area contributed by atoms with Crippen molar-refractivity contribution < 1.29 is 28.8 Å². The van der Waals surface area contributed by atoms with Crippen LogP contribution in [0.15, 0.2) is 0 Å². The Kier molecular flexibility index (Phi) is 22.3. The number of hydrogen-bond acceptors (Lipinski definition) is 5. The summed E-state index contributed by atoms with van der Waals surface area (Å²) >= 11 is 0. The summed E-state index contributed by atoms with van der Waals surface area (Å²) in [7, 11) is 1.69. The Balaban J connectivity index is 2.21. The molecular weight excluding hydrogens is 492 g/mol. The van der Waals surface area contributed by atoms with Gasteiger partial charge >= 0.3 is 5.97 Å². The Bertz CT molecular complexity index is 566. The molecule has 3 atom stereocenters. The molecule has 6 nitrogen and oxygen atoms in total. The molecule has 1 rings (SSSR count). The van der Waals surface area contributed by atoms with E-state index in [1.165, 1.54) is 103 Å². The van der Waals surface area contributed by atoms with E-state index in [1.807, 2.05) is 13.8 Å². The van der Waals surface area contributed by atoms with Gasteiger partial charge in [0.1, 0.15) is 6.79 Å². The van der Waals surface area contributed by atoms with Crippen molar-refractivity contribution in [1.29, 1.82) is 0 Å². The third kappa shape index (κ3) is 20.8. The average molecular weight is 557 g/mol. The van der Waals surface area contributed by atoms with Crippen molar-refractivity contribution in [3.8, 4) is 0 Å². The number of rotatable bonds is 28. The van der Waals surface area contributed by atoms with Crippen molar-refractivity contribution in [2.24, 2.45) is 0 Å². The fourth-order valence-corrected chi connectivity index (χ4v) is 5.77. The number of aliphatic carboxylic acids is 1. The van der Waals surface area contributed by atoms with E-state index in [9.17, 15) is 4.79 Å². The second kappa shape index (κ2) is 24.0. The molecule has 0 amide bonds. The number of unbranched alkanes of at least 4 members (excludes halogenated alkanes) is 16. The Morgan fingerprint density at radius 3 is 1.74 bits per heavy atom. The summed E-state index contributed by atoms with van der Waals surface area (Å²) in [5.74, 6) is -1.16. The standard InChI is InChI=1S/C33H64O6/c1-5-6-7-8-9-15-18-21-24-30-31(39-33(2,3)38-30)27-26-29(37-28-36-4)23-20-17-14-12-10-11-13-16-19-22-25-32(34)35/h29-31H,5-28H2,1-4H3,(H,34,35)/t29-,30-,31-/m0/s1. The first-order chi connectivity index (χ1) is 18.9. The van der Waals surface area contributed by atoms with Crippen LogP contribution in [0.4, 0.5) is 0 Å². The first-order valence-corrected chi connectivity index (χ1v) is 16.6. The normalized spacial score (nSPS) is 19.5. The fraction of sp³-hybridized carbons (Fsp3) is 0.970. The van der Waals surface area contributed by atoms with Gasteiger partial charge in [-0.2, -0.15) is 0 Å². The van der Waals surface area contributed by atoms with Gasteiger partial charge in [-0.25, -0.2) is 0 Å². The summed E-state index contributed by atoms with van der Waals surface area (Å²) in [4.78, 5) is 10.5. The minimum atomic E-state index is -0.673. The van der Waals surface area contributed by atoms with Crippen molar-refractivity contribution in [1.82, 2.24) is 0 Å². The molecule has 0 spiro atoms. The molecule has 0 saturated carbocycles. The molecule has 1 saturated heterocycles. The molecule has 0 aromatic heterocycles. The predicted molar refractivity (Wildman–Crippen MR) is 160 cm³/mol. The third-order valence-corrected chi connectivity index (χ3v) is 7.99. The molecule has 0 radical (unpaired) electrons. The number of carboxylic acids is 1. The Morgan fingerprint density at radius 1 is 0.718 bits per heavy atom. The molecule has 0 unspecified atom stereocenters. The van der Waals surface area contributed by atoms with Crippen LogP contribution in [0.25, 0.3) is 0 Å². The number of carbonyl (C=O) groups is 1. The van der Waals surface area contributed by atoms with Crippen LogP contribution in [-0.4, -0.2) is 49.1 Å². The Labute approximate surface area is 241 Å². The lowest BCUT2D eigenvalue weighted by molar-refractivity contribution is -0.148. The molecule has 1 heterocycles. The zero-order valence-electron chi connectivity index (χ0n) is 26.2. The van der Waals surface area contributed by atoms with Crippen molar-refractivity contribution in [2.45, 2.75) is 193 Å². The molecule has 6 heteroatoms. The van der Waals surface area contributed by atoms with E-state index in [4.69, 9.17) is 24.1 Å². The van der Waals surface area contributed by atoms with Crippen LogP contribution in [0.5, 0.6) is 0 Å². The first-order valence-electron chi connectivity index (χ1n) is 16.6. The van der Waals surface area contributed by atoms with Gasteiger partial charge in [0, 0.05) is 13.5 Å².